The second kappa shape index (κ2) is 7.66. The van der Waals surface area contributed by atoms with E-state index in [9.17, 15) is 9.59 Å². The van der Waals surface area contributed by atoms with E-state index in [1.54, 1.807) is 22.7 Å². The van der Waals surface area contributed by atoms with Gasteiger partial charge in [0, 0.05) is 28.4 Å². The normalized spacial score (nSPS) is 13.3. The average Bonchev–Trinajstić information content (AvgIpc) is 3.35. The van der Waals surface area contributed by atoms with Gasteiger partial charge in [-0.05, 0) is 48.6 Å². The van der Waals surface area contributed by atoms with Crippen molar-refractivity contribution in [1.29, 1.82) is 0 Å². The minimum atomic E-state index is -0.0424. The summed E-state index contributed by atoms with van der Waals surface area (Å²) in [6.45, 7) is 3.82. The first-order valence-corrected chi connectivity index (χ1v) is 10.6. The Morgan fingerprint density at radius 3 is 2.74 bits per heavy atom. The Morgan fingerprint density at radius 1 is 1.19 bits per heavy atom. The Morgan fingerprint density at radius 2 is 2.00 bits per heavy atom. The van der Waals surface area contributed by atoms with Gasteiger partial charge in [0.15, 0.2) is 0 Å². The summed E-state index contributed by atoms with van der Waals surface area (Å²) >= 11 is 3.18. The van der Waals surface area contributed by atoms with Crippen molar-refractivity contribution < 1.29 is 9.59 Å². The summed E-state index contributed by atoms with van der Waals surface area (Å²) in [4.78, 5) is 30.1. The standard InChI is InChI=1S/C21H20N2O2S2/c1-14-4-6-15(7-5-14)21(25)23-9-8-18-16(13-23)11-19(27-18)20(24)22-12-17-3-2-10-26-17/h2-7,10-11H,8-9,12-13H2,1H3,(H,22,24). The van der Waals surface area contributed by atoms with Crippen LogP contribution in [0.5, 0.6) is 0 Å². The SMILES string of the molecule is Cc1ccc(C(=O)N2CCc3sc(C(=O)NCc4cccs4)cc3C2)cc1. The number of rotatable bonds is 4. The fourth-order valence-electron chi connectivity index (χ4n) is 3.16. The van der Waals surface area contributed by atoms with Crippen LogP contribution in [0.15, 0.2) is 47.8 Å². The molecule has 0 fully saturated rings. The smallest absolute Gasteiger partial charge is 0.261 e. The number of carbonyl (C=O) groups is 2. The van der Waals surface area contributed by atoms with Gasteiger partial charge < -0.3 is 10.2 Å². The van der Waals surface area contributed by atoms with E-state index >= 15 is 0 Å². The molecule has 1 N–H and O–H groups in total. The zero-order valence-electron chi connectivity index (χ0n) is 15.0. The Balaban J connectivity index is 1.43. The summed E-state index contributed by atoms with van der Waals surface area (Å²) in [5.74, 6) is 0.00904. The van der Waals surface area contributed by atoms with Crippen molar-refractivity contribution in [3.63, 3.8) is 0 Å². The number of benzene rings is 1. The number of hydrogen-bond acceptors (Lipinski definition) is 4. The van der Waals surface area contributed by atoms with Crippen LogP contribution in [0.4, 0.5) is 0 Å². The minimum Gasteiger partial charge on any atom is -0.346 e. The molecule has 27 heavy (non-hydrogen) atoms. The lowest BCUT2D eigenvalue weighted by Crippen LogP contribution is -2.35. The maximum Gasteiger partial charge on any atom is 0.261 e. The lowest BCUT2D eigenvalue weighted by atomic mass is 10.1. The average molecular weight is 397 g/mol. The Labute approximate surface area is 166 Å². The first kappa shape index (κ1) is 17.9. The Kier molecular flexibility index (Phi) is 5.09. The first-order chi connectivity index (χ1) is 13.1. The molecular weight excluding hydrogens is 376 g/mol. The van der Waals surface area contributed by atoms with E-state index in [4.69, 9.17) is 0 Å². The van der Waals surface area contributed by atoms with E-state index in [-0.39, 0.29) is 11.8 Å². The van der Waals surface area contributed by atoms with E-state index in [0.29, 0.717) is 25.2 Å². The van der Waals surface area contributed by atoms with Crippen LogP contribution >= 0.6 is 22.7 Å². The van der Waals surface area contributed by atoms with E-state index < -0.39 is 0 Å². The van der Waals surface area contributed by atoms with E-state index in [0.717, 1.165) is 27.3 Å². The van der Waals surface area contributed by atoms with Crippen molar-refractivity contribution in [1.82, 2.24) is 10.2 Å². The largest absolute Gasteiger partial charge is 0.346 e. The topological polar surface area (TPSA) is 49.4 Å². The second-order valence-electron chi connectivity index (χ2n) is 6.66. The number of carbonyl (C=O) groups excluding carboxylic acids is 2. The maximum absolute atomic E-state index is 12.7. The maximum atomic E-state index is 12.7. The van der Waals surface area contributed by atoms with Gasteiger partial charge in [-0.1, -0.05) is 23.8 Å². The highest BCUT2D eigenvalue weighted by molar-refractivity contribution is 7.14. The Hall–Kier alpha value is -2.44. The molecule has 0 saturated carbocycles. The molecule has 2 amide bonds. The summed E-state index contributed by atoms with van der Waals surface area (Å²) in [7, 11) is 0. The Bertz CT molecular complexity index is 959. The number of aryl methyl sites for hydroxylation is 1. The van der Waals surface area contributed by atoms with Crippen molar-refractivity contribution in [2.45, 2.75) is 26.4 Å². The summed E-state index contributed by atoms with van der Waals surface area (Å²) in [6, 6.07) is 13.6. The molecule has 0 atom stereocenters. The lowest BCUT2D eigenvalue weighted by molar-refractivity contribution is 0.0736. The zero-order valence-corrected chi connectivity index (χ0v) is 16.7. The molecule has 1 aliphatic rings. The lowest BCUT2D eigenvalue weighted by Gasteiger charge is -2.27. The van der Waals surface area contributed by atoms with Crippen LogP contribution in [0.2, 0.25) is 0 Å². The van der Waals surface area contributed by atoms with Gasteiger partial charge in [0.1, 0.15) is 0 Å². The van der Waals surface area contributed by atoms with Gasteiger partial charge in [-0.15, -0.1) is 22.7 Å². The third-order valence-corrected chi connectivity index (χ3v) is 6.79. The summed E-state index contributed by atoms with van der Waals surface area (Å²) in [6.07, 6.45) is 0.801. The van der Waals surface area contributed by atoms with Crippen LogP contribution in [0.25, 0.3) is 0 Å². The fraction of sp³-hybridized carbons (Fsp3) is 0.238. The third kappa shape index (κ3) is 3.96. The predicted octanol–water partition coefficient (Wildman–Crippen LogP) is 4.25. The van der Waals surface area contributed by atoms with E-state index in [1.807, 2.05) is 59.7 Å². The van der Waals surface area contributed by atoms with Gasteiger partial charge in [0.05, 0.1) is 11.4 Å². The zero-order chi connectivity index (χ0) is 18.8. The van der Waals surface area contributed by atoms with Crippen molar-refractivity contribution in [3.05, 3.63) is 79.2 Å². The highest BCUT2D eigenvalue weighted by Crippen LogP contribution is 2.29. The van der Waals surface area contributed by atoms with Crippen LogP contribution in [-0.2, 0) is 19.5 Å². The number of hydrogen-bond donors (Lipinski definition) is 1. The van der Waals surface area contributed by atoms with Crippen molar-refractivity contribution in [3.8, 4) is 0 Å². The molecule has 3 aromatic rings. The summed E-state index contributed by atoms with van der Waals surface area (Å²) in [5.41, 5.74) is 2.95. The molecule has 6 heteroatoms. The molecule has 2 aromatic heterocycles. The van der Waals surface area contributed by atoms with Gasteiger partial charge in [-0.2, -0.15) is 0 Å². The van der Waals surface area contributed by atoms with Gasteiger partial charge in [0.2, 0.25) is 0 Å². The molecule has 138 valence electrons. The molecule has 4 nitrogen and oxygen atoms in total. The van der Waals surface area contributed by atoms with E-state index in [2.05, 4.69) is 5.32 Å². The molecule has 0 spiro atoms. The summed E-state index contributed by atoms with van der Waals surface area (Å²) in [5, 5.41) is 4.98. The van der Waals surface area contributed by atoms with Crippen LogP contribution in [0.3, 0.4) is 0 Å². The number of nitrogens with zero attached hydrogens (tertiary/aromatic N) is 1. The monoisotopic (exact) mass is 396 g/mol. The molecule has 0 bridgehead atoms. The fourth-order valence-corrected chi connectivity index (χ4v) is 4.89. The quantitative estimate of drug-likeness (QED) is 0.717. The first-order valence-electron chi connectivity index (χ1n) is 8.88. The highest BCUT2D eigenvalue weighted by atomic mass is 32.1. The van der Waals surface area contributed by atoms with E-state index in [1.165, 1.54) is 4.88 Å². The molecule has 3 heterocycles. The molecule has 4 rings (SSSR count). The minimum absolute atomic E-state index is 0.0424. The molecule has 0 aliphatic carbocycles. The summed E-state index contributed by atoms with van der Waals surface area (Å²) < 4.78 is 0. The number of nitrogens with one attached hydrogen (secondary N) is 1. The van der Waals surface area contributed by atoms with Crippen molar-refractivity contribution in [2.75, 3.05) is 6.54 Å². The molecule has 0 radical (unpaired) electrons. The highest BCUT2D eigenvalue weighted by Gasteiger charge is 2.25. The van der Waals surface area contributed by atoms with Gasteiger partial charge >= 0.3 is 0 Å². The number of fused-ring (bicyclic) bond motifs is 1. The molecule has 1 aromatic carbocycles. The van der Waals surface area contributed by atoms with Gasteiger partial charge in [0.25, 0.3) is 11.8 Å². The van der Waals surface area contributed by atoms with Crippen LogP contribution in [-0.4, -0.2) is 23.3 Å². The molecule has 0 saturated heterocycles. The second-order valence-corrected chi connectivity index (χ2v) is 8.83. The molecular formula is C21H20N2O2S2. The van der Waals surface area contributed by atoms with Gasteiger partial charge in [-0.3, -0.25) is 9.59 Å². The van der Waals surface area contributed by atoms with Gasteiger partial charge in [-0.25, -0.2) is 0 Å². The predicted molar refractivity (Wildman–Crippen MR) is 109 cm³/mol. The molecule has 0 unspecified atom stereocenters. The van der Waals surface area contributed by atoms with Crippen molar-refractivity contribution >= 4 is 34.5 Å². The number of amides is 2. The third-order valence-electron chi connectivity index (χ3n) is 4.68. The molecule has 1 aliphatic heterocycles. The van der Waals surface area contributed by atoms with Crippen LogP contribution in [0, 0.1) is 6.92 Å². The van der Waals surface area contributed by atoms with Crippen LogP contribution < -0.4 is 5.32 Å². The number of thiophene rings is 2. The van der Waals surface area contributed by atoms with Crippen molar-refractivity contribution in [2.24, 2.45) is 0 Å². The van der Waals surface area contributed by atoms with Crippen LogP contribution in [0.1, 0.15) is 40.9 Å².